The number of piperidine rings is 1. The molecule has 1 unspecified atom stereocenters. The number of unbranched alkanes of at least 4 members (excludes halogenated alkanes) is 1. The molecule has 1 atom stereocenters. The SMILES string of the molecule is CN1Cc2cc(OCCCCN3CCCCC3)ncc2C(c2ccc(Cl)c(Cl)c2)C1. The Kier molecular flexibility index (Phi) is 7.53. The van der Waals surface area contributed by atoms with Crippen LogP contribution in [0.1, 0.15) is 54.7 Å². The lowest BCUT2D eigenvalue weighted by atomic mass is 9.86. The first-order chi connectivity index (χ1) is 14.6. The number of hydrogen-bond donors (Lipinski definition) is 0. The minimum atomic E-state index is 0.236. The number of ether oxygens (including phenoxy) is 1. The van der Waals surface area contributed by atoms with Crippen molar-refractivity contribution >= 4 is 23.2 Å². The molecule has 1 saturated heterocycles. The first-order valence-corrected chi connectivity index (χ1v) is 11.8. The lowest BCUT2D eigenvalue weighted by molar-refractivity contribution is 0.214. The van der Waals surface area contributed by atoms with E-state index in [1.165, 1.54) is 62.0 Å². The van der Waals surface area contributed by atoms with Crippen LogP contribution in [0.5, 0.6) is 5.88 Å². The molecule has 0 radical (unpaired) electrons. The van der Waals surface area contributed by atoms with E-state index in [2.05, 4.69) is 34.0 Å². The third kappa shape index (κ3) is 5.47. The van der Waals surface area contributed by atoms with E-state index in [1.807, 2.05) is 18.3 Å². The van der Waals surface area contributed by atoms with E-state index in [4.69, 9.17) is 27.9 Å². The van der Waals surface area contributed by atoms with Crippen LogP contribution in [-0.4, -0.2) is 54.6 Å². The number of hydrogen-bond acceptors (Lipinski definition) is 4. The molecule has 1 aromatic carbocycles. The van der Waals surface area contributed by atoms with Gasteiger partial charge in [-0.25, -0.2) is 4.98 Å². The van der Waals surface area contributed by atoms with E-state index >= 15 is 0 Å². The van der Waals surface area contributed by atoms with E-state index in [-0.39, 0.29) is 5.92 Å². The molecule has 162 valence electrons. The van der Waals surface area contributed by atoms with Gasteiger partial charge in [0.25, 0.3) is 0 Å². The van der Waals surface area contributed by atoms with E-state index in [0.717, 1.165) is 32.0 Å². The largest absolute Gasteiger partial charge is 0.478 e. The van der Waals surface area contributed by atoms with Crippen molar-refractivity contribution in [1.82, 2.24) is 14.8 Å². The zero-order chi connectivity index (χ0) is 20.9. The standard InChI is InChI=1S/C24H31Cl2N3O/c1-28-16-19-14-24(30-12-6-5-11-29-9-3-2-4-10-29)27-15-20(19)21(17-28)18-7-8-22(25)23(26)13-18/h7-8,13-15,21H,2-6,9-12,16-17H2,1H3. The second-order valence-corrected chi connectivity index (χ2v) is 9.42. The van der Waals surface area contributed by atoms with Crippen LogP contribution < -0.4 is 4.74 Å². The molecular formula is C24H31Cl2N3O. The fourth-order valence-electron chi connectivity index (χ4n) is 4.59. The number of pyridine rings is 1. The first-order valence-electron chi connectivity index (χ1n) is 11.1. The topological polar surface area (TPSA) is 28.6 Å². The van der Waals surface area contributed by atoms with Gasteiger partial charge in [0.15, 0.2) is 0 Å². The van der Waals surface area contributed by atoms with E-state index in [0.29, 0.717) is 10.0 Å². The molecule has 0 aliphatic carbocycles. The molecule has 0 saturated carbocycles. The van der Waals surface area contributed by atoms with Gasteiger partial charge >= 0.3 is 0 Å². The second kappa shape index (κ2) is 10.3. The summed E-state index contributed by atoms with van der Waals surface area (Å²) in [5, 5.41) is 1.19. The quantitative estimate of drug-likeness (QED) is 0.515. The summed E-state index contributed by atoms with van der Waals surface area (Å²) in [6.07, 6.45) is 8.35. The van der Waals surface area contributed by atoms with Crippen LogP contribution in [0.3, 0.4) is 0 Å². The molecular weight excluding hydrogens is 417 g/mol. The molecule has 2 aliphatic rings. The molecule has 4 nitrogen and oxygen atoms in total. The summed E-state index contributed by atoms with van der Waals surface area (Å²) in [5.41, 5.74) is 3.70. The van der Waals surface area contributed by atoms with Crippen LogP contribution in [0.2, 0.25) is 10.0 Å². The molecule has 0 bridgehead atoms. The molecule has 6 heteroatoms. The number of nitrogens with zero attached hydrogens (tertiary/aromatic N) is 3. The van der Waals surface area contributed by atoms with Crippen molar-refractivity contribution in [2.75, 3.05) is 39.8 Å². The molecule has 0 N–H and O–H groups in total. The average Bonchev–Trinajstić information content (AvgIpc) is 2.75. The van der Waals surface area contributed by atoms with Crippen LogP contribution in [0, 0.1) is 0 Å². The minimum absolute atomic E-state index is 0.236. The number of aromatic nitrogens is 1. The van der Waals surface area contributed by atoms with Gasteiger partial charge in [0.1, 0.15) is 0 Å². The Bertz CT molecular complexity index is 854. The third-order valence-electron chi connectivity index (χ3n) is 6.22. The number of rotatable bonds is 7. The highest BCUT2D eigenvalue weighted by Crippen LogP contribution is 2.36. The lowest BCUT2D eigenvalue weighted by Crippen LogP contribution is -2.31. The highest BCUT2D eigenvalue weighted by Gasteiger charge is 2.26. The number of likely N-dealkylation sites (N-methyl/N-ethyl adjacent to an activating group) is 1. The first kappa shape index (κ1) is 21.9. The fourth-order valence-corrected chi connectivity index (χ4v) is 4.90. The van der Waals surface area contributed by atoms with Crippen LogP contribution in [0.25, 0.3) is 0 Å². The Morgan fingerprint density at radius 3 is 2.70 bits per heavy atom. The van der Waals surface area contributed by atoms with Crippen LogP contribution in [0.4, 0.5) is 0 Å². The summed E-state index contributed by atoms with van der Waals surface area (Å²) in [6.45, 7) is 6.29. The molecule has 1 aromatic heterocycles. The van der Waals surface area contributed by atoms with Gasteiger partial charge in [-0.2, -0.15) is 0 Å². The van der Waals surface area contributed by atoms with Crippen molar-refractivity contribution in [3.63, 3.8) is 0 Å². The van der Waals surface area contributed by atoms with Crippen LogP contribution in [-0.2, 0) is 6.54 Å². The maximum atomic E-state index is 6.27. The van der Waals surface area contributed by atoms with Crippen molar-refractivity contribution in [3.05, 3.63) is 57.2 Å². The summed E-state index contributed by atoms with van der Waals surface area (Å²) >= 11 is 12.4. The van der Waals surface area contributed by atoms with Gasteiger partial charge in [0, 0.05) is 31.3 Å². The summed E-state index contributed by atoms with van der Waals surface area (Å²) in [6, 6.07) is 8.03. The van der Waals surface area contributed by atoms with Crippen molar-refractivity contribution in [1.29, 1.82) is 0 Å². The van der Waals surface area contributed by atoms with Crippen molar-refractivity contribution in [2.45, 2.75) is 44.6 Å². The third-order valence-corrected chi connectivity index (χ3v) is 6.96. The number of fused-ring (bicyclic) bond motifs is 1. The maximum Gasteiger partial charge on any atom is 0.213 e. The molecule has 0 spiro atoms. The van der Waals surface area contributed by atoms with Gasteiger partial charge < -0.3 is 14.5 Å². The summed E-state index contributed by atoms with van der Waals surface area (Å²) in [5.74, 6) is 0.967. The molecule has 3 heterocycles. The summed E-state index contributed by atoms with van der Waals surface area (Å²) in [7, 11) is 2.15. The Morgan fingerprint density at radius 2 is 1.90 bits per heavy atom. The second-order valence-electron chi connectivity index (χ2n) is 8.60. The Balaban J connectivity index is 1.36. The van der Waals surface area contributed by atoms with Gasteiger partial charge in [0.2, 0.25) is 5.88 Å². The Labute approximate surface area is 190 Å². The van der Waals surface area contributed by atoms with Gasteiger partial charge in [-0.1, -0.05) is 35.7 Å². The van der Waals surface area contributed by atoms with Crippen LogP contribution >= 0.6 is 23.2 Å². The van der Waals surface area contributed by atoms with Gasteiger partial charge in [-0.15, -0.1) is 0 Å². The van der Waals surface area contributed by atoms with Crippen molar-refractivity contribution in [3.8, 4) is 5.88 Å². The maximum absolute atomic E-state index is 6.27. The lowest BCUT2D eigenvalue weighted by Gasteiger charge is -2.32. The Hall–Kier alpha value is -1.33. The van der Waals surface area contributed by atoms with Crippen molar-refractivity contribution < 1.29 is 4.74 Å². The molecule has 2 aliphatic heterocycles. The fraction of sp³-hybridized carbons (Fsp3) is 0.542. The number of benzene rings is 1. The monoisotopic (exact) mass is 447 g/mol. The minimum Gasteiger partial charge on any atom is -0.478 e. The predicted octanol–water partition coefficient (Wildman–Crippen LogP) is 5.61. The Morgan fingerprint density at radius 1 is 1.07 bits per heavy atom. The van der Waals surface area contributed by atoms with Gasteiger partial charge in [-0.3, -0.25) is 0 Å². The van der Waals surface area contributed by atoms with Crippen molar-refractivity contribution in [2.24, 2.45) is 0 Å². The molecule has 0 amide bonds. The highest BCUT2D eigenvalue weighted by atomic mass is 35.5. The molecule has 4 rings (SSSR count). The smallest absolute Gasteiger partial charge is 0.213 e. The highest BCUT2D eigenvalue weighted by molar-refractivity contribution is 6.42. The molecule has 1 fully saturated rings. The van der Waals surface area contributed by atoms with Crippen LogP contribution in [0.15, 0.2) is 30.5 Å². The van der Waals surface area contributed by atoms with Gasteiger partial charge in [0.05, 0.1) is 16.7 Å². The van der Waals surface area contributed by atoms with E-state index < -0.39 is 0 Å². The zero-order valence-electron chi connectivity index (χ0n) is 17.7. The van der Waals surface area contributed by atoms with E-state index in [9.17, 15) is 0 Å². The summed E-state index contributed by atoms with van der Waals surface area (Å²) < 4.78 is 5.99. The van der Waals surface area contributed by atoms with Gasteiger partial charge in [-0.05, 0) is 81.2 Å². The summed E-state index contributed by atoms with van der Waals surface area (Å²) in [4.78, 5) is 9.52. The van der Waals surface area contributed by atoms with E-state index in [1.54, 1.807) is 0 Å². The predicted molar refractivity (Wildman–Crippen MR) is 124 cm³/mol. The average molecular weight is 448 g/mol. The number of likely N-dealkylation sites (tertiary alicyclic amines) is 1. The molecule has 30 heavy (non-hydrogen) atoms. The number of halogens is 2. The molecule has 2 aromatic rings. The zero-order valence-corrected chi connectivity index (χ0v) is 19.3. The normalized spacial score (nSPS) is 20.2.